The third-order valence-electron chi connectivity index (χ3n) is 3.30. The molecule has 0 fully saturated rings. The molecule has 4 heteroatoms. The zero-order chi connectivity index (χ0) is 15.4. The quantitative estimate of drug-likeness (QED) is 0.857. The molecule has 0 unspecified atom stereocenters. The van der Waals surface area contributed by atoms with Gasteiger partial charge in [0, 0.05) is 28.5 Å². The van der Waals surface area contributed by atoms with Crippen molar-refractivity contribution < 1.29 is 4.79 Å². The molecule has 2 aromatic carbocycles. The van der Waals surface area contributed by atoms with E-state index in [1.165, 1.54) is 0 Å². The summed E-state index contributed by atoms with van der Waals surface area (Å²) in [5, 5.41) is 0.668. The summed E-state index contributed by atoms with van der Waals surface area (Å²) >= 11 is 6.02. The Labute approximate surface area is 130 Å². The second kappa shape index (κ2) is 6.64. The van der Waals surface area contributed by atoms with E-state index in [2.05, 4.69) is 0 Å². The van der Waals surface area contributed by atoms with Crippen molar-refractivity contribution in [1.29, 1.82) is 0 Å². The molecule has 2 N–H and O–H groups in total. The fourth-order valence-corrected chi connectivity index (χ4v) is 2.28. The van der Waals surface area contributed by atoms with E-state index in [1.807, 2.05) is 32.0 Å². The molecule has 0 spiro atoms. The van der Waals surface area contributed by atoms with Crippen LogP contribution in [-0.2, 0) is 0 Å². The molecule has 0 aliphatic carbocycles. The molecule has 110 valence electrons. The van der Waals surface area contributed by atoms with Crippen molar-refractivity contribution in [3.63, 3.8) is 0 Å². The second-order valence-electron chi connectivity index (χ2n) is 5.01. The van der Waals surface area contributed by atoms with E-state index in [0.717, 1.165) is 17.7 Å². The maximum absolute atomic E-state index is 12.7. The Morgan fingerprint density at radius 3 is 2.43 bits per heavy atom. The fourth-order valence-electron chi connectivity index (χ4n) is 2.16. The highest BCUT2D eigenvalue weighted by atomic mass is 35.5. The van der Waals surface area contributed by atoms with Crippen LogP contribution in [0.5, 0.6) is 0 Å². The van der Waals surface area contributed by atoms with Gasteiger partial charge in [0.25, 0.3) is 5.91 Å². The normalized spacial score (nSPS) is 10.4. The third-order valence-corrected chi connectivity index (χ3v) is 3.73. The number of carbonyl (C=O) groups is 1. The molecule has 0 aliphatic heterocycles. The van der Waals surface area contributed by atoms with Gasteiger partial charge in [0.2, 0.25) is 0 Å². The summed E-state index contributed by atoms with van der Waals surface area (Å²) in [6.45, 7) is 4.60. The van der Waals surface area contributed by atoms with E-state index < -0.39 is 0 Å². The van der Waals surface area contributed by atoms with Gasteiger partial charge in [-0.25, -0.2) is 0 Å². The minimum Gasteiger partial charge on any atom is -0.399 e. The van der Waals surface area contributed by atoms with Gasteiger partial charge in [0.1, 0.15) is 0 Å². The third kappa shape index (κ3) is 3.56. The van der Waals surface area contributed by atoms with E-state index >= 15 is 0 Å². The predicted octanol–water partition coefficient (Wildman–Crippen LogP) is 4.29. The molecular weight excluding hydrogens is 284 g/mol. The first-order chi connectivity index (χ1) is 10.0. The minimum atomic E-state index is -0.0265. The van der Waals surface area contributed by atoms with E-state index in [-0.39, 0.29) is 5.91 Å². The smallest absolute Gasteiger partial charge is 0.258 e. The number of nitrogen functional groups attached to an aromatic ring is 1. The highest BCUT2D eigenvalue weighted by molar-refractivity contribution is 6.31. The zero-order valence-corrected chi connectivity index (χ0v) is 13.0. The average molecular weight is 303 g/mol. The molecule has 0 aliphatic rings. The number of nitrogens with two attached hydrogens (primary N) is 1. The molecule has 0 saturated carbocycles. The summed E-state index contributed by atoms with van der Waals surface area (Å²) in [5.41, 5.74) is 8.78. The summed E-state index contributed by atoms with van der Waals surface area (Å²) in [6.07, 6.45) is 0.878. The van der Waals surface area contributed by atoms with Gasteiger partial charge < -0.3 is 10.6 Å². The maximum atomic E-state index is 12.7. The van der Waals surface area contributed by atoms with Crippen molar-refractivity contribution in [3.05, 3.63) is 58.6 Å². The van der Waals surface area contributed by atoms with Gasteiger partial charge in [-0.3, -0.25) is 4.79 Å². The van der Waals surface area contributed by atoms with E-state index in [9.17, 15) is 4.79 Å². The van der Waals surface area contributed by atoms with Gasteiger partial charge in [0.15, 0.2) is 0 Å². The van der Waals surface area contributed by atoms with Crippen LogP contribution >= 0.6 is 11.6 Å². The molecule has 1 amide bonds. The summed E-state index contributed by atoms with van der Waals surface area (Å²) in [4.78, 5) is 14.5. The van der Waals surface area contributed by atoms with E-state index in [4.69, 9.17) is 17.3 Å². The first kappa shape index (κ1) is 15.4. The molecule has 21 heavy (non-hydrogen) atoms. The average Bonchev–Trinajstić information content (AvgIpc) is 2.48. The molecule has 0 aromatic heterocycles. The van der Waals surface area contributed by atoms with Gasteiger partial charge in [-0.15, -0.1) is 0 Å². The van der Waals surface area contributed by atoms with Crippen LogP contribution in [0.1, 0.15) is 29.3 Å². The van der Waals surface area contributed by atoms with Crippen molar-refractivity contribution in [2.24, 2.45) is 0 Å². The Bertz CT molecular complexity index is 638. The highest BCUT2D eigenvalue weighted by Crippen LogP contribution is 2.22. The molecule has 0 saturated heterocycles. The van der Waals surface area contributed by atoms with Crippen LogP contribution in [-0.4, -0.2) is 12.5 Å². The van der Waals surface area contributed by atoms with Gasteiger partial charge in [-0.05, 0) is 61.4 Å². The fraction of sp³-hybridized carbons (Fsp3) is 0.235. The molecule has 0 atom stereocenters. The largest absolute Gasteiger partial charge is 0.399 e. The Balaban J connectivity index is 2.34. The van der Waals surface area contributed by atoms with Gasteiger partial charge in [0.05, 0.1) is 0 Å². The number of amides is 1. The van der Waals surface area contributed by atoms with Crippen molar-refractivity contribution in [2.75, 3.05) is 17.2 Å². The van der Waals surface area contributed by atoms with E-state index in [1.54, 1.807) is 29.2 Å². The first-order valence-electron chi connectivity index (χ1n) is 6.96. The lowest BCUT2D eigenvalue weighted by atomic mass is 10.1. The van der Waals surface area contributed by atoms with Gasteiger partial charge in [-0.2, -0.15) is 0 Å². The molecule has 3 nitrogen and oxygen atoms in total. The topological polar surface area (TPSA) is 46.3 Å². The van der Waals surface area contributed by atoms with Crippen LogP contribution in [0.2, 0.25) is 5.02 Å². The van der Waals surface area contributed by atoms with Crippen LogP contribution < -0.4 is 10.6 Å². The standard InChI is InChI=1S/C17H19ClN2O/c1-3-10-20(15-7-5-14(19)6-8-15)17(21)13-4-9-16(18)12(2)11-13/h4-9,11H,3,10,19H2,1-2H3. The zero-order valence-electron chi connectivity index (χ0n) is 12.3. The Hall–Kier alpha value is -2.00. The number of anilines is 2. The van der Waals surface area contributed by atoms with Crippen molar-refractivity contribution in [2.45, 2.75) is 20.3 Å². The minimum absolute atomic E-state index is 0.0265. The molecule has 2 rings (SSSR count). The summed E-state index contributed by atoms with van der Waals surface area (Å²) in [7, 11) is 0. The number of hydrogen-bond acceptors (Lipinski definition) is 2. The molecule has 2 aromatic rings. The Morgan fingerprint density at radius 2 is 1.86 bits per heavy atom. The summed E-state index contributed by atoms with van der Waals surface area (Å²) < 4.78 is 0. The van der Waals surface area contributed by atoms with Crippen LogP contribution in [0.4, 0.5) is 11.4 Å². The lowest BCUT2D eigenvalue weighted by Crippen LogP contribution is -2.31. The van der Waals surface area contributed by atoms with E-state index in [0.29, 0.717) is 22.8 Å². The van der Waals surface area contributed by atoms with Crippen LogP contribution in [0.3, 0.4) is 0 Å². The number of hydrogen-bond donors (Lipinski definition) is 1. The number of nitrogens with zero attached hydrogens (tertiary/aromatic N) is 1. The number of carbonyl (C=O) groups excluding carboxylic acids is 1. The summed E-state index contributed by atoms with van der Waals surface area (Å²) in [5.74, 6) is -0.0265. The predicted molar refractivity (Wildman–Crippen MR) is 89.0 cm³/mol. The van der Waals surface area contributed by atoms with Crippen molar-refractivity contribution in [1.82, 2.24) is 0 Å². The number of aryl methyl sites for hydroxylation is 1. The number of rotatable bonds is 4. The lowest BCUT2D eigenvalue weighted by molar-refractivity contribution is 0.0987. The highest BCUT2D eigenvalue weighted by Gasteiger charge is 2.17. The number of halogens is 1. The summed E-state index contributed by atoms with van der Waals surface area (Å²) in [6, 6.07) is 12.7. The van der Waals surface area contributed by atoms with Crippen LogP contribution in [0.15, 0.2) is 42.5 Å². The Kier molecular flexibility index (Phi) is 4.86. The first-order valence-corrected chi connectivity index (χ1v) is 7.34. The Morgan fingerprint density at radius 1 is 1.19 bits per heavy atom. The second-order valence-corrected chi connectivity index (χ2v) is 5.42. The SMILES string of the molecule is CCCN(C(=O)c1ccc(Cl)c(C)c1)c1ccc(N)cc1. The molecular formula is C17H19ClN2O. The maximum Gasteiger partial charge on any atom is 0.258 e. The molecule has 0 bridgehead atoms. The van der Waals surface area contributed by atoms with Crippen molar-refractivity contribution in [3.8, 4) is 0 Å². The monoisotopic (exact) mass is 302 g/mol. The van der Waals surface area contributed by atoms with Crippen LogP contribution in [0, 0.1) is 6.92 Å². The van der Waals surface area contributed by atoms with Gasteiger partial charge in [-0.1, -0.05) is 18.5 Å². The van der Waals surface area contributed by atoms with Crippen LogP contribution in [0.25, 0.3) is 0 Å². The molecule has 0 heterocycles. The molecule has 0 radical (unpaired) electrons. The van der Waals surface area contributed by atoms with Gasteiger partial charge >= 0.3 is 0 Å². The number of benzene rings is 2. The lowest BCUT2D eigenvalue weighted by Gasteiger charge is -2.23. The van der Waals surface area contributed by atoms with Crippen molar-refractivity contribution >= 4 is 28.9 Å².